The lowest BCUT2D eigenvalue weighted by Crippen LogP contribution is -2.37. The van der Waals surface area contributed by atoms with E-state index in [9.17, 15) is 19.0 Å². The molecule has 10 heteroatoms. The number of esters is 2. The van der Waals surface area contributed by atoms with Crippen LogP contribution in [0.4, 0.5) is 0 Å². The molecule has 1 N–H and O–H groups in total. The van der Waals surface area contributed by atoms with E-state index in [4.69, 9.17) is 18.5 Å². The lowest BCUT2D eigenvalue weighted by atomic mass is 10.0. The average Bonchev–Trinajstić information content (AvgIpc) is 3.20. The minimum atomic E-state index is -4.37. The molecule has 358 valence electrons. The van der Waals surface area contributed by atoms with Gasteiger partial charge in [0.1, 0.15) is 19.8 Å². The molecule has 1 unspecified atom stereocenters. The number of hydrogen-bond donors (Lipinski definition) is 1. The zero-order valence-corrected chi connectivity index (χ0v) is 41.4. The topological polar surface area (TPSA) is 108 Å². The third kappa shape index (κ3) is 46.5. The third-order valence-corrected chi connectivity index (χ3v) is 12.6. The highest BCUT2D eigenvalue weighted by Crippen LogP contribution is 2.43. The largest absolute Gasteiger partial charge is 0.472 e. The fourth-order valence-electron chi connectivity index (χ4n) is 7.61. The average molecular weight is 875 g/mol. The summed E-state index contributed by atoms with van der Waals surface area (Å²) in [5.41, 5.74) is 0. The number of likely N-dealkylation sites (N-methyl/N-ethyl adjacent to an activating group) is 1. The van der Waals surface area contributed by atoms with Crippen molar-refractivity contribution < 1.29 is 42.1 Å². The number of phosphoric ester groups is 1. The molecule has 0 heterocycles. The summed E-state index contributed by atoms with van der Waals surface area (Å²) >= 11 is 0. The maximum absolute atomic E-state index is 12.7. The zero-order chi connectivity index (χ0) is 44.3. The van der Waals surface area contributed by atoms with Gasteiger partial charge in [0.25, 0.3) is 0 Å². The predicted molar refractivity (Wildman–Crippen MR) is 252 cm³/mol. The van der Waals surface area contributed by atoms with Crippen LogP contribution in [0, 0.1) is 0 Å². The van der Waals surface area contributed by atoms with Crippen molar-refractivity contribution in [2.45, 2.75) is 264 Å². The molecule has 0 fully saturated rings. The Labute approximate surface area is 372 Å². The van der Waals surface area contributed by atoms with Gasteiger partial charge in [-0.25, -0.2) is 4.57 Å². The van der Waals surface area contributed by atoms with Crippen molar-refractivity contribution in [1.82, 2.24) is 0 Å². The van der Waals surface area contributed by atoms with E-state index in [1.165, 1.54) is 193 Å². The standard InChI is InChI=1S/C50H100NO8P/c1-6-8-10-12-14-16-18-20-22-23-24-25-26-27-29-30-32-34-36-38-40-42-49(52)56-46-48(47-58-60(54,55)57-45-44-51(3,4)5)59-50(53)43-41-39-37-35-33-31-28-21-19-17-15-13-11-9-7-2/h48H,6-47H2,1-5H3/p+1/t48-/m0/s1. The summed E-state index contributed by atoms with van der Waals surface area (Å²) in [5.74, 6) is -0.778. The molecule has 0 aliphatic carbocycles. The number of carbonyl (C=O) groups excluding carboxylic acids is 2. The van der Waals surface area contributed by atoms with Crippen LogP contribution in [0.2, 0.25) is 0 Å². The van der Waals surface area contributed by atoms with Gasteiger partial charge in [-0.15, -0.1) is 0 Å². The van der Waals surface area contributed by atoms with Crippen molar-refractivity contribution in [3.8, 4) is 0 Å². The Morgan fingerprint density at radius 2 is 0.750 bits per heavy atom. The first-order valence-corrected chi connectivity index (χ1v) is 27.3. The lowest BCUT2D eigenvalue weighted by molar-refractivity contribution is -0.870. The smallest absolute Gasteiger partial charge is 0.462 e. The summed E-state index contributed by atoms with van der Waals surface area (Å²) in [7, 11) is 1.50. The van der Waals surface area contributed by atoms with Crippen LogP contribution in [-0.2, 0) is 32.7 Å². The summed E-state index contributed by atoms with van der Waals surface area (Å²) in [6.07, 6.45) is 45.8. The van der Waals surface area contributed by atoms with Crippen LogP contribution in [0.25, 0.3) is 0 Å². The molecule has 0 spiro atoms. The minimum absolute atomic E-state index is 0.0371. The van der Waals surface area contributed by atoms with Crippen LogP contribution in [0.1, 0.15) is 258 Å². The number of unbranched alkanes of at least 4 members (excludes halogenated alkanes) is 34. The first-order chi connectivity index (χ1) is 29.0. The van der Waals surface area contributed by atoms with E-state index in [2.05, 4.69) is 13.8 Å². The van der Waals surface area contributed by atoms with Crippen molar-refractivity contribution >= 4 is 19.8 Å². The molecule has 0 rings (SSSR count). The van der Waals surface area contributed by atoms with Crippen LogP contribution in [-0.4, -0.2) is 74.9 Å². The third-order valence-electron chi connectivity index (χ3n) is 11.6. The van der Waals surface area contributed by atoms with Crippen LogP contribution >= 0.6 is 7.82 Å². The van der Waals surface area contributed by atoms with Crippen LogP contribution in [0.5, 0.6) is 0 Å². The van der Waals surface area contributed by atoms with Gasteiger partial charge in [0.2, 0.25) is 0 Å². The molecule has 0 aromatic carbocycles. The molecule has 0 aromatic rings. The maximum atomic E-state index is 12.7. The van der Waals surface area contributed by atoms with E-state index in [0.717, 1.165) is 38.5 Å². The Kier molecular flexibility index (Phi) is 42.6. The highest BCUT2D eigenvalue weighted by Gasteiger charge is 2.27. The summed E-state index contributed by atoms with van der Waals surface area (Å²) in [4.78, 5) is 35.5. The number of nitrogens with zero attached hydrogens (tertiary/aromatic N) is 1. The molecule has 0 aliphatic rings. The van der Waals surface area contributed by atoms with Gasteiger partial charge in [-0.05, 0) is 12.8 Å². The molecular formula is C50H101NO8P+. The van der Waals surface area contributed by atoms with Gasteiger partial charge in [0.15, 0.2) is 6.10 Å². The Morgan fingerprint density at radius 1 is 0.450 bits per heavy atom. The van der Waals surface area contributed by atoms with Gasteiger partial charge in [-0.2, -0.15) is 0 Å². The molecule has 9 nitrogen and oxygen atoms in total. The van der Waals surface area contributed by atoms with E-state index in [1.807, 2.05) is 21.1 Å². The van der Waals surface area contributed by atoms with E-state index in [1.54, 1.807) is 0 Å². The summed E-state index contributed by atoms with van der Waals surface area (Å²) in [5, 5.41) is 0. The number of carbonyl (C=O) groups is 2. The van der Waals surface area contributed by atoms with Gasteiger partial charge in [0, 0.05) is 12.8 Å². The molecule has 0 amide bonds. The SMILES string of the molecule is CCCCCCCCCCCCCCCCCCCCCCCC(=O)OC[C@@H](COP(=O)(O)OCC[N+](C)(C)C)OC(=O)CCCCCCCCCCCCCCCCC. The Morgan fingerprint density at radius 3 is 1.07 bits per heavy atom. The Hall–Kier alpha value is -0.990. The molecule has 0 bridgehead atoms. The summed E-state index contributed by atoms with van der Waals surface area (Å²) < 4.78 is 34.5. The molecule has 60 heavy (non-hydrogen) atoms. The molecule has 0 radical (unpaired) electrons. The van der Waals surface area contributed by atoms with Crippen LogP contribution in [0.3, 0.4) is 0 Å². The quantitative estimate of drug-likeness (QED) is 0.0279. The number of phosphoric acid groups is 1. The van der Waals surface area contributed by atoms with Crippen molar-refractivity contribution in [3.63, 3.8) is 0 Å². The van der Waals surface area contributed by atoms with Crippen molar-refractivity contribution in [1.29, 1.82) is 0 Å². The fourth-order valence-corrected chi connectivity index (χ4v) is 8.35. The van der Waals surface area contributed by atoms with Crippen LogP contribution in [0.15, 0.2) is 0 Å². The van der Waals surface area contributed by atoms with Gasteiger partial charge < -0.3 is 18.9 Å². The molecule has 0 aliphatic heterocycles. The van der Waals surface area contributed by atoms with Gasteiger partial charge in [-0.1, -0.05) is 232 Å². The lowest BCUT2D eigenvalue weighted by Gasteiger charge is -2.24. The number of hydrogen-bond acceptors (Lipinski definition) is 7. The molecule has 0 aromatic heterocycles. The summed E-state index contributed by atoms with van der Waals surface area (Å²) in [6.45, 7) is 4.49. The minimum Gasteiger partial charge on any atom is -0.462 e. The number of rotatable bonds is 48. The van der Waals surface area contributed by atoms with E-state index in [0.29, 0.717) is 17.4 Å². The summed E-state index contributed by atoms with van der Waals surface area (Å²) in [6, 6.07) is 0. The Balaban J connectivity index is 4.17. The van der Waals surface area contributed by atoms with Crippen molar-refractivity contribution in [3.05, 3.63) is 0 Å². The maximum Gasteiger partial charge on any atom is 0.472 e. The highest BCUT2D eigenvalue weighted by atomic mass is 31.2. The first-order valence-electron chi connectivity index (χ1n) is 25.8. The number of ether oxygens (including phenoxy) is 2. The van der Waals surface area contributed by atoms with E-state index < -0.39 is 26.5 Å². The molecular weight excluding hydrogens is 774 g/mol. The zero-order valence-electron chi connectivity index (χ0n) is 40.5. The second-order valence-electron chi connectivity index (χ2n) is 18.9. The van der Waals surface area contributed by atoms with Crippen LogP contribution < -0.4 is 0 Å². The van der Waals surface area contributed by atoms with E-state index >= 15 is 0 Å². The predicted octanol–water partition coefficient (Wildman–Crippen LogP) is 15.1. The van der Waals surface area contributed by atoms with Gasteiger partial charge >= 0.3 is 19.8 Å². The van der Waals surface area contributed by atoms with E-state index in [-0.39, 0.29) is 25.6 Å². The molecule has 0 saturated heterocycles. The second kappa shape index (κ2) is 43.3. The highest BCUT2D eigenvalue weighted by molar-refractivity contribution is 7.47. The fraction of sp³-hybridized carbons (Fsp3) is 0.960. The Bertz CT molecular complexity index is 990. The monoisotopic (exact) mass is 875 g/mol. The van der Waals surface area contributed by atoms with Crippen molar-refractivity contribution in [2.24, 2.45) is 0 Å². The van der Waals surface area contributed by atoms with Gasteiger partial charge in [0.05, 0.1) is 27.7 Å². The first kappa shape index (κ1) is 59.0. The molecule has 2 atom stereocenters. The normalized spacial score (nSPS) is 13.4. The number of quaternary nitrogens is 1. The molecule has 0 saturated carbocycles. The van der Waals surface area contributed by atoms with Crippen molar-refractivity contribution in [2.75, 3.05) is 47.5 Å². The second-order valence-corrected chi connectivity index (χ2v) is 20.4. The van der Waals surface area contributed by atoms with Gasteiger partial charge in [-0.3, -0.25) is 18.6 Å².